The van der Waals surface area contributed by atoms with Crippen LogP contribution in [0.15, 0.2) is 6.07 Å². The van der Waals surface area contributed by atoms with Gasteiger partial charge in [-0.15, -0.1) is 0 Å². The van der Waals surface area contributed by atoms with Gasteiger partial charge in [0, 0.05) is 5.56 Å². The molecule has 1 aliphatic rings. The maximum atomic E-state index is 10.3. The molecule has 1 aromatic rings. The number of aryl methyl sites for hydroxylation is 1. The van der Waals surface area contributed by atoms with Gasteiger partial charge in [-0.3, -0.25) is 0 Å². The van der Waals surface area contributed by atoms with Crippen molar-refractivity contribution in [1.82, 2.24) is 0 Å². The van der Waals surface area contributed by atoms with E-state index in [0.29, 0.717) is 17.8 Å². The van der Waals surface area contributed by atoms with Crippen LogP contribution < -0.4 is 0 Å². The highest BCUT2D eigenvalue weighted by atomic mass is 16.3. The van der Waals surface area contributed by atoms with Crippen LogP contribution in [0.1, 0.15) is 95.2 Å². The molecule has 2 rings (SSSR count). The molecule has 0 bridgehead atoms. The lowest BCUT2D eigenvalue weighted by Crippen LogP contribution is -2.19. The first kappa shape index (κ1) is 18.9. The summed E-state index contributed by atoms with van der Waals surface area (Å²) < 4.78 is 0. The summed E-state index contributed by atoms with van der Waals surface area (Å²) in [6.45, 7) is 12.8. The molecule has 1 aliphatic carbocycles. The zero-order chi connectivity index (χ0) is 16.9. The first-order valence-electron chi connectivity index (χ1n) is 8.94. The minimum absolute atomic E-state index is 0.0643. The summed E-state index contributed by atoms with van der Waals surface area (Å²) in [5.41, 5.74) is 3.05. The van der Waals surface area contributed by atoms with E-state index >= 15 is 0 Å². The van der Waals surface area contributed by atoms with Crippen LogP contribution in [-0.4, -0.2) is 10.2 Å². The molecule has 126 valence electrons. The van der Waals surface area contributed by atoms with Gasteiger partial charge in [0.2, 0.25) is 0 Å². The van der Waals surface area contributed by atoms with Crippen molar-refractivity contribution in [2.45, 2.75) is 85.5 Å². The van der Waals surface area contributed by atoms with Crippen molar-refractivity contribution in [3.63, 3.8) is 0 Å². The largest absolute Gasteiger partial charge is 0.504 e. The van der Waals surface area contributed by atoms with Crippen LogP contribution in [0.3, 0.4) is 0 Å². The van der Waals surface area contributed by atoms with Crippen molar-refractivity contribution in [1.29, 1.82) is 0 Å². The Balaban J connectivity index is 0.000000745. The van der Waals surface area contributed by atoms with Crippen molar-refractivity contribution < 1.29 is 10.2 Å². The van der Waals surface area contributed by atoms with E-state index in [4.69, 9.17) is 0 Å². The van der Waals surface area contributed by atoms with Gasteiger partial charge in [-0.1, -0.05) is 59.9 Å². The van der Waals surface area contributed by atoms with Crippen LogP contribution in [0, 0.1) is 12.8 Å². The fourth-order valence-electron chi connectivity index (χ4n) is 3.63. The van der Waals surface area contributed by atoms with E-state index in [1.54, 1.807) is 0 Å². The second kappa shape index (κ2) is 8.45. The van der Waals surface area contributed by atoms with Crippen LogP contribution in [0.5, 0.6) is 11.5 Å². The summed E-state index contributed by atoms with van der Waals surface area (Å²) in [7, 11) is 0. The van der Waals surface area contributed by atoms with Gasteiger partial charge in [-0.2, -0.15) is 0 Å². The van der Waals surface area contributed by atoms with Gasteiger partial charge in [-0.05, 0) is 48.6 Å². The Morgan fingerprint density at radius 2 is 1.73 bits per heavy atom. The SMILES string of the molecule is CCC.CCC[C@H](C)[C@H]1CC[C@H](C)c2c1cc(C)c(O)c2O. The first-order valence-corrected chi connectivity index (χ1v) is 8.94. The topological polar surface area (TPSA) is 40.5 Å². The minimum Gasteiger partial charge on any atom is -0.504 e. The van der Waals surface area contributed by atoms with Gasteiger partial charge in [0.1, 0.15) is 0 Å². The Bertz CT molecular complexity index is 479. The highest BCUT2D eigenvalue weighted by Gasteiger charge is 2.31. The summed E-state index contributed by atoms with van der Waals surface area (Å²) in [4.78, 5) is 0. The van der Waals surface area contributed by atoms with Crippen LogP contribution in [0.25, 0.3) is 0 Å². The number of rotatable bonds is 3. The highest BCUT2D eigenvalue weighted by Crippen LogP contribution is 2.50. The average Bonchev–Trinajstić information content (AvgIpc) is 2.46. The molecule has 0 fully saturated rings. The predicted molar refractivity (Wildman–Crippen MR) is 94.9 cm³/mol. The number of benzene rings is 1. The van der Waals surface area contributed by atoms with Crippen molar-refractivity contribution in [2.24, 2.45) is 5.92 Å². The standard InChI is InChI=1S/C17H26O2.C3H8/c1-5-6-10(2)13-8-7-11(3)15-14(13)9-12(4)16(18)17(15)19;1-3-2/h9-11,13,18-19H,5-8H2,1-4H3;3H2,1-2H3/t10-,11-,13+;/m0./s1. The molecular weight excluding hydrogens is 272 g/mol. The summed E-state index contributed by atoms with van der Waals surface area (Å²) >= 11 is 0. The van der Waals surface area contributed by atoms with Gasteiger partial charge in [-0.25, -0.2) is 0 Å². The molecular formula is C20H34O2. The molecule has 0 radical (unpaired) electrons. The van der Waals surface area contributed by atoms with Gasteiger partial charge in [0.25, 0.3) is 0 Å². The zero-order valence-corrected chi connectivity index (χ0v) is 15.2. The molecule has 2 heteroatoms. The Labute approximate surface area is 136 Å². The summed E-state index contributed by atoms with van der Waals surface area (Å²) in [6, 6.07) is 2.09. The van der Waals surface area contributed by atoms with E-state index < -0.39 is 0 Å². The molecule has 0 saturated carbocycles. The van der Waals surface area contributed by atoms with Crippen LogP contribution in [-0.2, 0) is 0 Å². The molecule has 2 N–H and O–H groups in total. The van der Waals surface area contributed by atoms with Crippen molar-refractivity contribution in [3.8, 4) is 11.5 Å². The zero-order valence-electron chi connectivity index (χ0n) is 15.2. The van der Waals surface area contributed by atoms with E-state index in [1.165, 1.54) is 31.2 Å². The third kappa shape index (κ3) is 3.97. The van der Waals surface area contributed by atoms with Gasteiger partial charge in [0.15, 0.2) is 11.5 Å². The molecule has 0 aromatic heterocycles. The normalized spacial score (nSPS) is 21.5. The Hall–Kier alpha value is -1.18. The number of phenolic OH excluding ortho intramolecular Hbond substituents is 2. The highest BCUT2D eigenvalue weighted by molar-refractivity contribution is 5.56. The molecule has 0 heterocycles. The van der Waals surface area contributed by atoms with E-state index in [0.717, 1.165) is 17.5 Å². The summed E-state index contributed by atoms with van der Waals surface area (Å²) in [5.74, 6) is 1.69. The lowest BCUT2D eigenvalue weighted by Gasteiger charge is -2.34. The fourth-order valence-corrected chi connectivity index (χ4v) is 3.63. The van der Waals surface area contributed by atoms with Crippen molar-refractivity contribution >= 4 is 0 Å². The third-order valence-electron chi connectivity index (χ3n) is 4.77. The van der Waals surface area contributed by atoms with Gasteiger partial charge < -0.3 is 10.2 Å². The Morgan fingerprint density at radius 1 is 1.14 bits per heavy atom. The Morgan fingerprint density at radius 3 is 2.27 bits per heavy atom. The van der Waals surface area contributed by atoms with Crippen LogP contribution in [0.2, 0.25) is 0 Å². The number of fused-ring (bicyclic) bond motifs is 1. The van der Waals surface area contributed by atoms with Gasteiger partial charge in [0.05, 0.1) is 0 Å². The van der Waals surface area contributed by atoms with Gasteiger partial charge >= 0.3 is 0 Å². The van der Waals surface area contributed by atoms with Crippen molar-refractivity contribution in [3.05, 3.63) is 22.8 Å². The number of phenols is 2. The Kier molecular flexibility index (Phi) is 7.25. The average molecular weight is 306 g/mol. The first-order chi connectivity index (χ1) is 10.4. The summed E-state index contributed by atoms with van der Waals surface area (Å²) in [5, 5.41) is 20.2. The molecule has 3 atom stereocenters. The minimum atomic E-state index is 0.0643. The molecule has 0 spiro atoms. The van der Waals surface area contributed by atoms with Crippen molar-refractivity contribution in [2.75, 3.05) is 0 Å². The molecule has 0 saturated heterocycles. The lowest BCUT2D eigenvalue weighted by molar-refractivity contribution is 0.347. The quantitative estimate of drug-likeness (QED) is 0.649. The van der Waals surface area contributed by atoms with E-state index in [1.807, 2.05) is 6.92 Å². The molecule has 0 unspecified atom stereocenters. The van der Waals surface area contributed by atoms with Crippen LogP contribution >= 0.6 is 0 Å². The molecule has 22 heavy (non-hydrogen) atoms. The maximum Gasteiger partial charge on any atom is 0.161 e. The van der Waals surface area contributed by atoms with E-state index in [9.17, 15) is 10.2 Å². The number of hydrogen-bond donors (Lipinski definition) is 2. The summed E-state index contributed by atoms with van der Waals surface area (Å²) in [6.07, 6.45) is 5.96. The molecule has 0 aliphatic heterocycles. The predicted octanol–water partition coefficient (Wildman–Crippen LogP) is 6.24. The number of aromatic hydroxyl groups is 2. The van der Waals surface area contributed by atoms with E-state index in [2.05, 4.69) is 40.7 Å². The maximum absolute atomic E-state index is 10.3. The molecule has 1 aromatic carbocycles. The second-order valence-corrected chi connectivity index (χ2v) is 6.95. The number of hydrogen-bond acceptors (Lipinski definition) is 2. The van der Waals surface area contributed by atoms with E-state index in [-0.39, 0.29) is 11.5 Å². The van der Waals surface area contributed by atoms with Crippen LogP contribution in [0.4, 0.5) is 0 Å². The molecule has 0 amide bonds. The lowest BCUT2D eigenvalue weighted by atomic mass is 9.71. The smallest absolute Gasteiger partial charge is 0.161 e. The monoisotopic (exact) mass is 306 g/mol. The molecule has 2 nitrogen and oxygen atoms in total. The fraction of sp³-hybridized carbons (Fsp3) is 0.700. The third-order valence-corrected chi connectivity index (χ3v) is 4.77. The second-order valence-electron chi connectivity index (χ2n) is 6.95.